The maximum atomic E-state index is 4.43. The lowest BCUT2D eigenvalue weighted by Gasteiger charge is -2.32. The fourth-order valence-corrected chi connectivity index (χ4v) is 4.29. The van der Waals surface area contributed by atoms with Crippen molar-refractivity contribution in [3.63, 3.8) is 0 Å². The first-order chi connectivity index (χ1) is 9.67. The van der Waals surface area contributed by atoms with Gasteiger partial charge >= 0.3 is 0 Å². The largest absolute Gasteiger partial charge is 0.0949 e. The molecular formula is C20H20. The molecule has 2 aliphatic rings. The molecule has 0 saturated heterocycles. The van der Waals surface area contributed by atoms with Gasteiger partial charge in [-0.3, -0.25) is 0 Å². The van der Waals surface area contributed by atoms with Crippen LogP contribution in [0.2, 0.25) is 0 Å². The molecule has 0 N–H and O–H groups in total. The Morgan fingerprint density at radius 3 is 2.05 bits per heavy atom. The average molecular weight is 260 g/mol. The van der Waals surface area contributed by atoms with Crippen LogP contribution < -0.4 is 0 Å². The van der Waals surface area contributed by atoms with Gasteiger partial charge in [0.2, 0.25) is 0 Å². The molecule has 0 aliphatic heterocycles. The fourth-order valence-electron chi connectivity index (χ4n) is 4.29. The summed E-state index contributed by atoms with van der Waals surface area (Å²) in [6, 6.07) is 17.7. The van der Waals surface area contributed by atoms with Crippen LogP contribution in [0.25, 0.3) is 5.57 Å². The molecule has 0 fully saturated rings. The Hall–Kier alpha value is -1.82. The Kier molecular flexibility index (Phi) is 2.44. The average Bonchev–Trinajstić information content (AvgIpc) is 2.97. The van der Waals surface area contributed by atoms with Gasteiger partial charge in [0.05, 0.1) is 0 Å². The highest BCUT2D eigenvalue weighted by atomic mass is 14.5. The maximum Gasteiger partial charge on any atom is -0.00608 e. The van der Waals surface area contributed by atoms with E-state index in [4.69, 9.17) is 0 Å². The molecule has 20 heavy (non-hydrogen) atoms. The molecule has 0 bridgehead atoms. The summed E-state index contributed by atoms with van der Waals surface area (Å²) < 4.78 is 0. The summed E-state index contributed by atoms with van der Waals surface area (Å²) in [6.07, 6.45) is 3.56. The summed E-state index contributed by atoms with van der Waals surface area (Å²) in [5, 5.41) is 0. The van der Waals surface area contributed by atoms with E-state index >= 15 is 0 Å². The third-order valence-corrected chi connectivity index (χ3v) is 5.36. The molecule has 4 rings (SSSR count). The molecule has 0 nitrogen and oxygen atoms in total. The summed E-state index contributed by atoms with van der Waals surface area (Å²) >= 11 is 0. The molecule has 0 spiro atoms. The number of rotatable bonds is 1. The van der Waals surface area contributed by atoms with Gasteiger partial charge in [0.1, 0.15) is 0 Å². The summed E-state index contributed by atoms with van der Waals surface area (Å²) in [5.41, 5.74) is 7.66. The van der Waals surface area contributed by atoms with Crippen LogP contribution in [0.4, 0.5) is 0 Å². The summed E-state index contributed by atoms with van der Waals surface area (Å²) in [5.74, 6) is 0.590. The quantitative estimate of drug-likeness (QED) is 0.698. The van der Waals surface area contributed by atoms with Crippen molar-refractivity contribution in [2.24, 2.45) is 11.3 Å². The maximum absolute atomic E-state index is 4.43. The number of allylic oxidation sites excluding steroid dienone is 1. The van der Waals surface area contributed by atoms with Crippen LogP contribution in [0.15, 0.2) is 55.1 Å². The van der Waals surface area contributed by atoms with Crippen LogP contribution in [0.1, 0.15) is 29.2 Å². The van der Waals surface area contributed by atoms with E-state index in [9.17, 15) is 0 Å². The van der Waals surface area contributed by atoms with E-state index in [-0.39, 0.29) is 0 Å². The fraction of sp³-hybridized carbons (Fsp3) is 0.300. The van der Waals surface area contributed by atoms with Crippen molar-refractivity contribution in [2.45, 2.75) is 26.2 Å². The molecule has 0 amide bonds. The second-order valence-corrected chi connectivity index (χ2v) is 6.72. The molecule has 2 aromatic rings. The minimum absolute atomic E-state index is 0.333. The van der Waals surface area contributed by atoms with E-state index in [1.807, 2.05) is 0 Å². The number of hydrogen-bond acceptors (Lipinski definition) is 0. The van der Waals surface area contributed by atoms with Crippen LogP contribution in [-0.2, 0) is 19.3 Å². The van der Waals surface area contributed by atoms with Gasteiger partial charge in [0.25, 0.3) is 0 Å². The third-order valence-electron chi connectivity index (χ3n) is 5.36. The molecule has 0 aromatic heterocycles. The lowest BCUT2D eigenvalue weighted by molar-refractivity contribution is 0.256. The molecule has 100 valence electrons. The first kappa shape index (κ1) is 12.0. The zero-order chi connectivity index (χ0) is 13.7. The van der Waals surface area contributed by atoms with Gasteiger partial charge in [-0.25, -0.2) is 0 Å². The van der Waals surface area contributed by atoms with Gasteiger partial charge < -0.3 is 0 Å². The number of benzene rings is 2. The van der Waals surface area contributed by atoms with Gasteiger partial charge in [-0.1, -0.05) is 62.0 Å². The molecular weight excluding hydrogens is 240 g/mol. The van der Waals surface area contributed by atoms with E-state index in [0.29, 0.717) is 11.3 Å². The molecule has 0 heteroatoms. The van der Waals surface area contributed by atoms with Crippen molar-refractivity contribution in [1.82, 2.24) is 0 Å². The Morgan fingerprint density at radius 1 is 0.900 bits per heavy atom. The van der Waals surface area contributed by atoms with Crippen molar-refractivity contribution >= 4 is 5.57 Å². The summed E-state index contributed by atoms with van der Waals surface area (Å²) in [6.45, 7) is 6.88. The van der Waals surface area contributed by atoms with Crippen LogP contribution in [0, 0.1) is 11.3 Å². The molecule has 2 aliphatic carbocycles. The van der Waals surface area contributed by atoms with E-state index < -0.39 is 0 Å². The van der Waals surface area contributed by atoms with E-state index in [1.54, 1.807) is 11.1 Å². The van der Waals surface area contributed by atoms with Crippen molar-refractivity contribution < 1.29 is 0 Å². The standard InChI is InChI=1S/C20H20/c1-14-18-10-6-5-7-15(18)11-19(14)20(2)12-16-8-3-4-9-17(16)13-20/h3-10,19H,1,11-13H2,2H3. The Labute approximate surface area is 121 Å². The molecule has 1 atom stereocenters. The van der Waals surface area contributed by atoms with Gasteiger partial charge in [0.15, 0.2) is 0 Å². The monoisotopic (exact) mass is 260 g/mol. The second-order valence-electron chi connectivity index (χ2n) is 6.72. The first-order valence-electron chi connectivity index (χ1n) is 7.51. The number of fused-ring (bicyclic) bond motifs is 2. The predicted octanol–water partition coefficient (Wildman–Crippen LogP) is 4.68. The number of hydrogen-bond donors (Lipinski definition) is 0. The second kappa shape index (κ2) is 4.09. The highest BCUT2D eigenvalue weighted by Crippen LogP contribution is 2.51. The van der Waals surface area contributed by atoms with Gasteiger partial charge in [0, 0.05) is 0 Å². The van der Waals surface area contributed by atoms with E-state index in [0.717, 1.165) is 0 Å². The smallest absolute Gasteiger partial charge is 0.00608 e. The van der Waals surface area contributed by atoms with Crippen molar-refractivity contribution in [2.75, 3.05) is 0 Å². The first-order valence-corrected chi connectivity index (χ1v) is 7.51. The lowest BCUT2D eigenvalue weighted by Crippen LogP contribution is -2.28. The van der Waals surface area contributed by atoms with E-state index in [2.05, 4.69) is 62.0 Å². The molecule has 2 aromatic carbocycles. The molecule has 0 radical (unpaired) electrons. The summed E-state index contributed by atoms with van der Waals surface area (Å²) in [7, 11) is 0. The minimum Gasteiger partial charge on any atom is -0.0949 e. The van der Waals surface area contributed by atoms with Crippen LogP contribution >= 0.6 is 0 Å². The topological polar surface area (TPSA) is 0 Å². The Bertz CT molecular complexity index is 668. The van der Waals surface area contributed by atoms with Gasteiger partial charge in [-0.2, -0.15) is 0 Å². The predicted molar refractivity (Wildman–Crippen MR) is 84.6 cm³/mol. The van der Waals surface area contributed by atoms with Crippen molar-refractivity contribution in [3.05, 3.63) is 77.4 Å². The lowest BCUT2D eigenvalue weighted by atomic mass is 9.71. The zero-order valence-electron chi connectivity index (χ0n) is 12.0. The summed E-state index contributed by atoms with van der Waals surface area (Å²) in [4.78, 5) is 0. The minimum atomic E-state index is 0.333. The molecule has 0 saturated carbocycles. The molecule has 0 heterocycles. The Balaban J connectivity index is 1.70. The van der Waals surface area contributed by atoms with Crippen LogP contribution in [0.3, 0.4) is 0 Å². The zero-order valence-corrected chi connectivity index (χ0v) is 12.0. The van der Waals surface area contributed by atoms with Crippen LogP contribution in [0.5, 0.6) is 0 Å². The van der Waals surface area contributed by atoms with Gasteiger partial charge in [-0.15, -0.1) is 0 Å². The van der Waals surface area contributed by atoms with Crippen LogP contribution in [-0.4, -0.2) is 0 Å². The van der Waals surface area contributed by atoms with Gasteiger partial charge in [-0.05, 0) is 58.4 Å². The van der Waals surface area contributed by atoms with E-state index in [1.165, 1.54) is 36.0 Å². The normalized spacial score (nSPS) is 22.6. The highest BCUT2D eigenvalue weighted by Gasteiger charge is 2.43. The van der Waals surface area contributed by atoms with Crippen molar-refractivity contribution in [3.8, 4) is 0 Å². The SMILES string of the molecule is C=C1c2ccccc2CC1C1(C)Cc2ccccc2C1. The Morgan fingerprint density at radius 2 is 1.45 bits per heavy atom. The molecule has 1 unspecified atom stereocenters. The van der Waals surface area contributed by atoms with Crippen molar-refractivity contribution in [1.29, 1.82) is 0 Å². The third kappa shape index (κ3) is 1.61. The highest BCUT2D eigenvalue weighted by molar-refractivity contribution is 5.73.